The number of carbonyl (C=O) groups excluding carboxylic acids is 1. The molecule has 0 unspecified atom stereocenters. The van der Waals surface area contributed by atoms with Crippen molar-refractivity contribution in [1.82, 2.24) is 0 Å². The largest absolute Gasteiger partial charge is 0.414 e. The highest BCUT2D eigenvalue weighted by Crippen LogP contribution is 2.64. The molecule has 0 aromatic carbocycles. The Labute approximate surface area is 217 Å². The molecule has 4 rings (SSSR count). The molecule has 0 aromatic heterocycles. The van der Waals surface area contributed by atoms with Crippen molar-refractivity contribution in [2.45, 2.75) is 137 Å². The number of ether oxygens (including phenoxy) is 1. The number of rotatable bonds is 7. The van der Waals surface area contributed by atoms with Gasteiger partial charge in [-0.15, -0.1) is 0 Å². The molecule has 0 N–H and O–H groups in total. The van der Waals surface area contributed by atoms with E-state index in [4.69, 9.17) is 9.16 Å². The molecule has 200 valence electrons. The van der Waals surface area contributed by atoms with Crippen molar-refractivity contribution >= 4 is 14.1 Å². The summed E-state index contributed by atoms with van der Waals surface area (Å²) in [5.74, 6) is 2.35. The highest BCUT2D eigenvalue weighted by molar-refractivity contribution is 6.74. The fourth-order valence-corrected chi connectivity index (χ4v) is 9.39. The smallest absolute Gasteiger partial charge is 0.192 e. The summed E-state index contributed by atoms with van der Waals surface area (Å²) in [6.45, 7) is 22.1. The van der Waals surface area contributed by atoms with Crippen LogP contribution in [0, 0.1) is 34.5 Å². The molecule has 0 spiro atoms. The summed E-state index contributed by atoms with van der Waals surface area (Å²) in [7, 11) is -1.81. The Balaban J connectivity index is 1.48. The lowest BCUT2D eigenvalue weighted by Gasteiger charge is -2.57. The summed E-state index contributed by atoms with van der Waals surface area (Å²) < 4.78 is 13.4. The normalized spacial score (nSPS) is 39.8. The van der Waals surface area contributed by atoms with Crippen LogP contribution in [0.2, 0.25) is 18.1 Å². The maximum atomic E-state index is 13.8. The van der Waals surface area contributed by atoms with Crippen LogP contribution in [0.4, 0.5) is 0 Å². The second kappa shape index (κ2) is 9.69. The first-order chi connectivity index (χ1) is 16.2. The zero-order valence-electron chi connectivity index (χ0n) is 24.3. The Bertz CT molecular complexity index is 824. The van der Waals surface area contributed by atoms with Crippen LogP contribution in [0.15, 0.2) is 11.6 Å². The van der Waals surface area contributed by atoms with Crippen molar-refractivity contribution in [3.63, 3.8) is 0 Å². The number of fused-ring (bicyclic) bond motifs is 5. The zero-order valence-corrected chi connectivity index (χ0v) is 25.3. The van der Waals surface area contributed by atoms with Gasteiger partial charge in [-0.25, -0.2) is 0 Å². The predicted octanol–water partition coefficient (Wildman–Crippen LogP) is 8.34. The van der Waals surface area contributed by atoms with Crippen molar-refractivity contribution < 1.29 is 14.0 Å². The zero-order chi connectivity index (χ0) is 25.8. The molecule has 0 radical (unpaired) electrons. The minimum atomic E-state index is -1.81. The quantitative estimate of drug-likeness (QED) is 0.259. The Kier molecular flexibility index (Phi) is 7.64. The van der Waals surface area contributed by atoms with E-state index in [1.165, 1.54) is 31.3 Å². The van der Waals surface area contributed by atoms with Gasteiger partial charge in [-0.05, 0) is 111 Å². The van der Waals surface area contributed by atoms with Gasteiger partial charge in [0.1, 0.15) is 0 Å². The molecule has 4 heteroatoms. The summed E-state index contributed by atoms with van der Waals surface area (Å²) >= 11 is 0. The number of allylic oxidation sites excluding steroid dienone is 1. The van der Waals surface area contributed by atoms with Crippen LogP contribution < -0.4 is 0 Å². The van der Waals surface area contributed by atoms with Crippen LogP contribution >= 0.6 is 0 Å². The third-order valence-electron chi connectivity index (χ3n) is 11.3. The molecule has 3 fully saturated rings. The van der Waals surface area contributed by atoms with Crippen LogP contribution in [-0.4, -0.2) is 32.9 Å². The van der Waals surface area contributed by atoms with E-state index in [2.05, 4.69) is 67.6 Å². The minimum Gasteiger partial charge on any atom is -0.414 e. The Hall–Kier alpha value is -0.453. The predicted molar refractivity (Wildman–Crippen MR) is 148 cm³/mol. The van der Waals surface area contributed by atoms with E-state index in [1.54, 1.807) is 0 Å². The van der Waals surface area contributed by atoms with E-state index in [9.17, 15) is 4.79 Å². The second-order valence-electron chi connectivity index (χ2n) is 15.0. The van der Waals surface area contributed by atoms with E-state index in [0.717, 1.165) is 44.6 Å². The molecule has 4 aliphatic carbocycles. The van der Waals surface area contributed by atoms with Crippen molar-refractivity contribution in [2.75, 3.05) is 6.61 Å². The van der Waals surface area contributed by atoms with E-state index in [0.29, 0.717) is 23.7 Å². The fourth-order valence-electron chi connectivity index (χ4n) is 8.01. The van der Waals surface area contributed by atoms with Crippen molar-refractivity contribution in [3.05, 3.63) is 11.6 Å². The van der Waals surface area contributed by atoms with Crippen LogP contribution in [0.3, 0.4) is 0 Å². The van der Waals surface area contributed by atoms with Crippen LogP contribution in [0.25, 0.3) is 0 Å². The molecule has 4 aliphatic rings. The average Bonchev–Trinajstić information content (AvgIpc) is 3.07. The van der Waals surface area contributed by atoms with E-state index < -0.39 is 8.32 Å². The van der Waals surface area contributed by atoms with Gasteiger partial charge in [0.15, 0.2) is 14.1 Å². The third kappa shape index (κ3) is 5.02. The van der Waals surface area contributed by atoms with E-state index in [1.807, 2.05) is 0 Å². The van der Waals surface area contributed by atoms with Gasteiger partial charge in [0, 0.05) is 18.6 Å². The molecular formula is C31H54O3Si. The fraction of sp³-hybridized carbons (Fsp3) is 0.903. The maximum absolute atomic E-state index is 13.8. The van der Waals surface area contributed by atoms with E-state index >= 15 is 0 Å². The lowest BCUT2D eigenvalue weighted by atomic mass is 9.47. The topological polar surface area (TPSA) is 35.5 Å². The molecule has 0 heterocycles. The number of hydrogen-bond acceptors (Lipinski definition) is 3. The molecule has 0 aliphatic heterocycles. The highest BCUT2D eigenvalue weighted by atomic mass is 28.4. The molecular weight excluding hydrogens is 448 g/mol. The Morgan fingerprint density at radius 2 is 1.77 bits per heavy atom. The standard InChI is InChI=1S/C31H54O3Si/c1-21(2)11-10-18-33-27-13-12-24-28-25(15-17-31(24,27)7)30(6)16-14-23(19-22(30)20-26(28)32)34-35(8,9)29(3,4)5/h20-21,23-25,27-28H,10-19H2,1-9H3/t23-,24-,25-,27-,28-,30-,31-/m0/s1. The van der Waals surface area contributed by atoms with E-state index in [-0.39, 0.29) is 27.9 Å². The lowest BCUT2D eigenvalue weighted by molar-refractivity contribution is -0.138. The molecule has 35 heavy (non-hydrogen) atoms. The van der Waals surface area contributed by atoms with Crippen molar-refractivity contribution in [2.24, 2.45) is 34.5 Å². The summed E-state index contributed by atoms with van der Waals surface area (Å²) in [6.07, 6.45) is 13.1. The van der Waals surface area contributed by atoms with Crippen LogP contribution in [-0.2, 0) is 14.0 Å². The monoisotopic (exact) mass is 502 g/mol. The van der Waals surface area contributed by atoms with Gasteiger partial charge in [0.25, 0.3) is 0 Å². The van der Waals surface area contributed by atoms with Crippen molar-refractivity contribution in [3.8, 4) is 0 Å². The third-order valence-corrected chi connectivity index (χ3v) is 15.9. The second-order valence-corrected chi connectivity index (χ2v) is 19.7. The van der Waals surface area contributed by atoms with Gasteiger partial charge in [-0.1, -0.05) is 54.0 Å². The lowest BCUT2D eigenvalue weighted by Crippen LogP contribution is -2.55. The number of carbonyl (C=O) groups is 1. The molecule has 3 saturated carbocycles. The Morgan fingerprint density at radius 3 is 2.43 bits per heavy atom. The molecule has 0 bridgehead atoms. The summed E-state index contributed by atoms with van der Waals surface area (Å²) in [4.78, 5) is 13.8. The summed E-state index contributed by atoms with van der Waals surface area (Å²) in [6, 6.07) is 0. The molecule has 0 saturated heterocycles. The Morgan fingerprint density at radius 1 is 1.06 bits per heavy atom. The van der Waals surface area contributed by atoms with Gasteiger partial charge >= 0.3 is 0 Å². The van der Waals surface area contributed by atoms with Gasteiger partial charge < -0.3 is 9.16 Å². The minimum absolute atomic E-state index is 0.166. The molecule has 7 atom stereocenters. The maximum Gasteiger partial charge on any atom is 0.192 e. The SMILES string of the molecule is CC(C)CCCO[C@H]1CC[C@H]2[C@@H]3C(=O)C=C4C[C@@H](O[Si](C)(C)C(C)(C)C)CC[C@]4(C)[C@H]3CC[C@]12C. The highest BCUT2D eigenvalue weighted by Gasteiger charge is 2.61. The van der Waals surface area contributed by atoms with Crippen LogP contribution in [0.1, 0.15) is 106 Å². The first-order valence-electron chi connectivity index (χ1n) is 14.7. The van der Waals surface area contributed by atoms with Crippen LogP contribution in [0.5, 0.6) is 0 Å². The van der Waals surface area contributed by atoms with Crippen molar-refractivity contribution in [1.29, 1.82) is 0 Å². The number of hydrogen-bond donors (Lipinski definition) is 0. The first-order valence-corrected chi connectivity index (χ1v) is 17.6. The molecule has 0 aromatic rings. The molecule has 0 amide bonds. The number of ketones is 1. The first kappa shape index (κ1) is 27.6. The molecule has 3 nitrogen and oxygen atoms in total. The van der Waals surface area contributed by atoms with Gasteiger partial charge in [-0.3, -0.25) is 4.79 Å². The van der Waals surface area contributed by atoms with Gasteiger partial charge in [0.05, 0.1) is 6.10 Å². The van der Waals surface area contributed by atoms with Gasteiger partial charge in [0.2, 0.25) is 0 Å². The van der Waals surface area contributed by atoms with Gasteiger partial charge in [-0.2, -0.15) is 0 Å². The summed E-state index contributed by atoms with van der Waals surface area (Å²) in [5.41, 5.74) is 1.74. The summed E-state index contributed by atoms with van der Waals surface area (Å²) in [5, 5.41) is 0.222. The average molecular weight is 503 g/mol.